The van der Waals surface area contributed by atoms with Gasteiger partial charge in [-0.05, 0) is 36.5 Å². The molecule has 1 aromatic heterocycles. The molecule has 126 valence electrons. The van der Waals surface area contributed by atoms with Gasteiger partial charge in [-0.2, -0.15) is 0 Å². The molecule has 1 atom stereocenters. The number of amides is 1. The molecule has 2 aromatic rings. The van der Waals surface area contributed by atoms with Crippen molar-refractivity contribution >= 4 is 23.5 Å². The zero-order chi connectivity index (χ0) is 17.1. The molecule has 1 aliphatic rings. The Balaban J connectivity index is 1.62. The summed E-state index contributed by atoms with van der Waals surface area (Å²) >= 11 is 5.75. The van der Waals surface area contributed by atoms with Crippen LogP contribution in [0.1, 0.15) is 40.5 Å². The maximum absolute atomic E-state index is 12.4. The monoisotopic (exact) mass is 346 g/mol. The Morgan fingerprint density at radius 3 is 2.92 bits per heavy atom. The van der Waals surface area contributed by atoms with Gasteiger partial charge in [-0.3, -0.25) is 4.79 Å². The number of aromatic amines is 1. The number of rotatable bonds is 4. The van der Waals surface area contributed by atoms with Crippen molar-refractivity contribution in [1.82, 2.24) is 9.88 Å². The van der Waals surface area contributed by atoms with Gasteiger partial charge < -0.3 is 14.6 Å². The number of aromatic nitrogens is 1. The van der Waals surface area contributed by atoms with E-state index in [2.05, 4.69) is 17.1 Å². The summed E-state index contributed by atoms with van der Waals surface area (Å²) in [6.45, 7) is -0.287. The van der Waals surface area contributed by atoms with E-state index in [9.17, 15) is 9.59 Å². The predicted molar refractivity (Wildman–Crippen MR) is 91.0 cm³/mol. The molecule has 6 heteroatoms. The number of nitrogens with zero attached hydrogens (tertiary/aromatic N) is 1. The highest BCUT2D eigenvalue weighted by Crippen LogP contribution is 2.33. The molecule has 0 bridgehead atoms. The third-order valence-electron chi connectivity index (χ3n) is 4.39. The second-order valence-electron chi connectivity index (χ2n) is 5.92. The Morgan fingerprint density at radius 1 is 1.38 bits per heavy atom. The van der Waals surface area contributed by atoms with Crippen molar-refractivity contribution in [3.8, 4) is 0 Å². The Labute approximate surface area is 145 Å². The molecule has 1 aromatic carbocycles. The zero-order valence-corrected chi connectivity index (χ0v) is 14.2. The minimum absolute atomic E-state index is 0.0288. The van der Waals surface area contributed by atoms with Crippen molar-refractivity contribution in [3.05, 3.63) is 58.4 Å². The lowest BCUT2D eigenvalue weighted by Gasteiger charge is -2.33. The fourth-order valence-electron chi connectivity index (χ4n) is 3.10. The third-order valence-corrected chi connectivity index (χ3v) is 4.61. The normalized spacial score (nSPS) is 16.3. The molecule has 1 aliphatic carbocycles. The predicted octanol–water partition coefficient (Wildman–Crippen LogP) is 3.36. The Hall–Kier alpha value is -2.27. The van der Waals surface area contributed by atoms with Crippen LogP contribution in [0, 0.1) is 0 Å². The van der Waals surface area contributed by atoms with Crippen molar-refractivity contribution in [1.29, 1.82) is 0 Å². The number of esters is 1. The fraction of sp³-hybridized carbons (Fsp3) is 0.333. The number of carbonyl (C=O) groups excluding carboxylic acids is 2. The first kappa shape index (κ1) is 16.6. The lowest BCUT2D eigenvalue weighted by atomic mass is 9.87. The summed E-state index contributed by atoms with van der Waals surface area (Å²) in [6, 6.07) is 9.68. The standard InChI is InChI=1S/C18H19ClN2O3/c1-21(16-8-4-6-12-5-2-3-7-14(12)16)17(22)11-24-18(23)15-9-13(19)10-20-15/h2-3,5,7,9-10,16,20H,4,6,8,11H2,1H3. The molecule has 3 rings (SSSR count). The average Bonchev–Trinajstić information content (AvgIpc) is 3.04. The van der Waals surface area contributed by atoms with E-state index in [1.54, 1.807) is 11.9 Å². The van der Waals surface area contributed by atoms with E-state index >= 15 is 0 Å². The minimum Gasteiger partial charge on any atom is -0.451 e. The van der Waals surface area contributed by atoms with E-state index < -0.39 is 5.97 Å². The molecule has 5 nitrogen and oxygen atoms in total. The van der Waals surface area contributed by atoms with Crippen LogP contribution in [0.15, 0.2) is 36.5 Å². The summed E-state index contributed by atoms with van der Waals surface area (Å²) in [5, 5.41) is 0.421. The summed E-state index contributed by atoms with van der Waals surface area (Å²) in [7, 11) is 1.76. The molecule has 0 fully saturated rings. The number of benzene rings is 1. The van der Waals surface area contributed by atoms with Crippen LogP contribution in [0.2, 0.25) is 5.02 Å². The molecule has 1 amide bonds. The summed E-state index contributed by atoms with van der Waals surface area (Å²) in [5.41, 5.74) is 2.70. The Morgan fingerprint density at radius 2 is 2.17 bits per heavy atom. The Bertz CT molecular complexity index is 756. The van der Waals surface area contributed by atoms with E-state index in [0.29, 0.717) is 5.02 Å². The van der Waals surface area contributed by atoms with Gasteiger partial charge in [-0.15, -0.1) is 0 Å². The molecule has 0 spiro atoms. The van der Waals surface area contributed by atoms with Gasteiger partial charge in [0, 0.05) is 13.2 Å². The molecule has 0 saturated heterocycles. The van der Waals surface area contributed by atoms with E-state index in [1.807, 2.05) is 12.1 Å². The van der Waals surface area contributed by atoms with E-state index in [0.717, 1.165) is 19.3 Å². The van der Waals surface area contributed by atoms with Crippen molar-refractivity contribution in [3.63, 3.8) is 0 Å². The molecule has 0 aliphatic heterocycles. The average molecular weight is 347 g/mol. The van der Waals surface area contributed by atoms with Crippen molar-refractivity contribution in [2.45, 2.75) is 25.3 Å². The van der Waals surface area contributed by atoms with Gasteiger partial charge in [0.15, 0.2) is 6.61 Å². The second-order valence-corrected chi connectivity index (χ2v) is 6.36. The van der Waals surface area contributed by atoms with E-state index in [1.165, 1.54) is 23.4 Å². The minimum atomic E-state index is -0.590. The molecular formula is C18H19ClN2O3. The third kappa shape index (κ3) is 3.46. The van der Waals surface area contributed by atoms with Crippen LogP contribution in [-0.4, -0.2) is 35.4 Å². The molecule has 0 saturated carbocycles. The van der Waals surface area contributed by atoms with Gasteiger partial charge in [-0.25, -0.2) is 4.79 Å². The highest BCUT2D eigenvalue weighted by molar-refractivity contribution is 6.30. The van der Waals surface area contributed by atoms with E-state index in [-0.39, 0.29) is 24.2 Å². The molecule has 1 heterocycles. The van der Waals surface area contributed by atoms with Gasteiger partial charge >= 0.3 is 5.97 Å². The maximum Gasteiger partial charge on any atom is 0.355 e. The zero-order valence-electron chi connectivity index (χ0n) is 13.4. The fourth-order valence-corrected chi connectivity index (χ4v) is 3.26. The van der Waals surface area contributed by atoms with Gasteiger partial charge in [0.1, 0.15) is 5.69 Å². The van der Waals surface area contributed by atoms with Crippen LogP contribution in [0.5, 0.6) is 0 Å². The first-order chi connectivity index (χ1) is 11.6. The number of nitrogens with one attached hydrogen (secondary N) is 1. The summed E-state index contributed by atoms with van der Waals surface area (Å²) < 4.78 is 5.08. The quantitative estimate of drug-likeness (QED) is 0.863. The number of aryl methyl sites for hydroxylation is 1. The highest BCUT2D eigenvalue weighted by Gasteiger charge is 2.27. The summed E-state index contributed by atoms with van der Waals surface area (Å²) in [5.74, 6) is -0.810. The number of hydrogen-bond donors (Lipinski definition) is 1. The van der Waals surface area contributed by atoms with Crippen LogP contribution in [-0.2, 0) is 16.0 Å². The smallest absolute Gasteiger partial charge is 0.355 e. The SMILES string of the molecule is CN(C(=O)COC(=O)c1cc(Cl)c[nH]1)C1CCCc2ccccc21. The van der Waals surface area contributed by atoms with Crippen LogP contribution in [0.4, 0.5) is 0 Å². The molecule has 24 heavy (non-hydrogen) atoms. The first-order valence-electron chi connectivity index (χ1n) is 7.91. The van der Waals surface area contributed by atoms with Gasteiger partial charge in [0.05, 0.1) is 11.1 Å². The number of likely N-dealkylation sites (N-methyl/N-ethyl adjacent to an activating group) is 1. The van der Waals surface area contributed by atoms with Crippen molar-refractivity contribution in [2.24, 2.45) is 0 Å². The van der Waals surface area contributed by atoms with Crippen molar-refractivity contribution < 1.29 is 14.3 Å². The summed E-state index contributed by atoms with van der Waals surface area (Å²) in [6.07, 6.45) is 4.49. The molecule has 1 N–H and O–H groups in total. The summed E-state index contributed by atoms with van der Waals surface area (Å²) in [4.78, 5) is 28.7. The van der Waals surface area contributed by atoms with Crippen LogP contribution < -0.4 is 0 Å². The number of fused-ring (bicyclic) bond motifs is 1. The number of H-pyrrole nitrogens is 1. The Kier molecular flexibility index (Phi) is 4.90. The number of ether oxygens (including phenoxy) is 1. The largest absolute Gasteiger partial charge is 0.451 e. The molecule has 0 radical (unpaired) electrons. The van der Waals surface area contributed by atoms with Crippen LogP contribution in [0.25, 0.3) is 0 Å². The second kappa shape index (κ2) is 7.09. The van der Waals surface area contributed by atoms with Gasteiger partial charge in [0.2, 0.25) is 0 Å². The van der Waals surface area contributed by atoms with Crippen LogP contribution >= 0.6 is 11.6 Å². The van der Waals surface area contributed by atoms with Crippen LogP contribution in [0.3, 0.4) is 0 Å². The van der Waals surface area contributed by atoms with Gasteiger partial charge in [-0.1, -0.05) is 35.9 Å². The van der Waals surface area contributed by atoms with E-state index in [4.69, 9.17) is 16.3 Å². The maximum atomic E-state index is 12.4. The lowest BCUT2D eigenvalue weighted by molar-refractivity contribution is -0.135. The number of hydrogen-bond acceptors (Lipinski definition) is 3. The number of carbonyl (C=O) groups is 2. The van der Waals surface area contributed by atoms with Crippen molar-refractivity contribution in [2.75, 3.05) is 13.7 Å². The molecule has 1 unspecified atom stereocenters. The number of halogens is 1. The van der Waals surface area contributed by atoms with Gasteiger partial charge in [0.25, 0.3) is 5.91 Å². The lowest BCUT2D eigenvalue weighted by Crippen LogP contribution is -2.36. The molecular weight excluding hydrogens is 328 g/mol. The highest BCUT2D eigenvalue weighted by atomic mass is 35.5. The topological polar surface area (TPSA) is 62.4 Å². The first-order valence-corrected chi connectivity index (χ1v) is 8.28.